The molecular formula is C18H27IN4O2. The molecule has 1 aromatic carbocycles. The van der Waals surface area contributed by atoms with Crippen molar-refractivity contribution in [3.05, 3.63) is 35.6 Å². The summed E-state index contributed by atoms with van der Waals surface area (Å²) in [4.78, 5) is 17.6. The lowest BCUT2D eigenvalue weighted by Gasteiger charge is -2.15. The third kappa shape index (κ3) is 5.91. The first-order valence-corrected chi connectivity index (χ1v) is 8.10. The van der Waals surface area contributed by atoms with Gasteiger partial charge < -0.3 is 20.0 Å². The van der Waals surface area contributed by atoms with Crippen LogP contribution in [0.1, 0.15) is 25.2 Å². The smallest absolute Gasteiger partial charge is 0.243 e. The average Bonchev–Trinajstić information content (AvgIpc) is 2.86. The number of benzene rings is 1. The number of likely N-dealkylation sites (N-methyl/N-ethyl adjacent to an activating group) is 1. The Morgan fingerprint density at radius 2 is 1.96 bits per heavy atom. The topological polar surface area (TPSA) is 69.9 Å². The number of hydrogen-bond donors (Lipinski definition) is 2. The van der Waals surface area contributed by atoms with Gasteiger partial charge in [0.1, 0.15) is 17.9 Å². The fourth-order valence-electron chi connectivity index (χ4n) is 2.27. The van der Waals surface area contributed by atoms with E-state index in [9.17, 15) is 4.79 Å². The third-order valence-corrected chi connectivity index (χ3v) is 3.66. The molecule has 0 aliphatic carbocycles. The molecule has 2 N–H and O–H groups in total. The van der Waals surface area contributed by atoms with Crippen molar-refractivity contribution >= 4 is 46.8 Å². The number of aliphatic imine (C=N–C) groups is 1. The van der Waals surface area contributed by atoms with Gasteiger partial charge in [-0.3, -0.25) is 4.79 Å². The van der Waals surface area contributed by atoms with Crippen molar-refractivity contribution in [2.45, 2.75) is 33.4 Å². The van der Waals surface area contributed by atoms with Gasteiger partial charge in [-0.05, 0) is 26.8 Å². The van der Waals surface area contributed by atoms with Crippen LogP contribution in [-0.2, 0) is 11.3 Å². The van der Waals surface area contributed by atoms with Crippen LogP contribution in [0.4, 0.5) is 0 Å². The van der Waals surface area contributed by atoms with Crippen LogP contribution in [0.15, 0.2) is 33.7 Å². The van der Waals surface area contributed by atoms with Gasteiger partial charge in [0.15, 0.2) is 5.96 Å². The molecule has 1 heterocycles. The maximum Gasteiger partial charge on any atom is 0.243 e. The van der Waals surface area contributed by atoms with E-state index in [0.717, 1.165) is 22.3 Å². The molecule has 0 bridgehead atoms. The maximum absolute atomic E-state index is 11.7. The molecule has 0 fully saturated rings. The Bertz CT molecular complexity index is 738. The Hall–Kier alpha value is -1.77. The minimum absolute atomic E-state index is 0. The first-order valence-electron chi connectivity index (χ1n) is 8.10. The van der Waals surface area contributed by atoms with Gasteiger partial charge in [0.25, 0.3) is 0 Å². The summed E-state index contributed by atoms with van der Waals surface area (Å²) in [5.74, 6) is 1.42. The van der Waals surface area contributed by atoms with E-state index < -0.39 is 0 Å². The third-order valence-electron chi connectivity index (χ3n) is 3.66. The molecule has 25 heavy (non-hydrogen) atoms. The number of halogens is 1. The number of hydrogen-bond acceptors (Lipinski definition) is 3. The van der Waals surface area contributed by atoms with Gasteiger partial charge in [0.05, 0.1) is 6.54 Å². The predicted molar refractivity (Wildman–Crippen MR) is 112 cm³/mol. The van der Waals surface area contributed by atoms with Crippen molar-refractivity contribution < 1.29 is 9.21 Å². The molecule has 0 radical (unpaired) electrons. The van der Waals surface area contributed by atoms with Crippen molar-refractivity contribution in [1.82, 2.24) is 15.5 Å². The summed E-state index contributed by atoms with van der Waals surface area (Å²) >= 11 is 0. The van der Waals surface area contributed by atoms with Crippen molar-refractivity contribution in [2.75, 3.05) is 20.6 Å². The number of aryl methyl sites for hydroxylation is 1. The van der Waals surface area contributed by atoms with Gasteiger partial charge in [0, 0.05) is 31.1 Å². The van der Waals surface area contributed by atoms with Gasteiger partial charge >= 0.3 is 0 Å². The molecule has 6 nitrogen and oxygen atoms in total. The van der Waals surface area contributed by atoms with Crippen LogP contribution in [-0.4, -0.2) is 43.4 Å². The van der Waals surface area contributed by atoms with Gasteiger partial charge in [-0.25, -0.2) is 4.99 Å². The van der Waals surface area contributed by atoms with Crippen LogP contribution < -0.4 is 10.6 Å². The summed E-state index contributed by atoms with van der Waals surface area (Å²) in [5.41, 5.74) is 2.00. The minimum atomic E-state index is -0.0419. The molecule has 0 spiro atoms. The van der Waals surface area contributed by atoms with E-state index in [1.807, 2.05) is 39.0 Å². The monoisotopic (exact) mass is 458 g/mol. The molecule has 0 aliphatic rings. The van der Waals surface area contributed by atoms with Crippen LogP contribution in [0.25, 0.3) is 11.0 Å². The number of guanidine groups is 1. The van der Waals surface area contributed by atoms with E-state index in [4.69, 9.17) is 4.42 Å². The van der Waals surface area contributed by atoms with Gasteiger partial charge in [-0.2, -0.15) is 0 Å². The number of carbonyl (C=O) groups is 1. The van der Waals surface area contributed by atoms with Crippen molar-refractivity contribution in [1.29, 1.82) is 0 Å². The summed E-state index contributed by atoms with van der Waals surface area (Å²) in [7, 11) is 3.44. The van der Waals surface area contributed by atoms with Gasteiger partial charge in [-0.15, -0.1) is 24.0 Å². The minimum Gasteiger partial charge on any atom is -0.459 e. The molecule has 1 amide bonds. The van der Waals surface area contributed by atoms with Gasteiger partial charge in [0.2, 0.25) is 5.91 Å². The number of amides is 1. The van der Waals surface area contributed by atoms with E-state index in [2.05, 4.69) is 21.7 Å². The highest BCUT2D eigenvalue weighted by molar-refractivity contribution is 14.0. The second-order valence-electron chi connectivity index (χ2n) is 6.25. The van der Waals surface area contributed by atoms with E-state index in [0.29, 0.717) is 12.5 Å². The summed E-state index contributed by atoms with van der Waals surface area (Å²) < 4.78 is 5.90. The van der Waals surface area contributed by atoms with Crippen molar-refractivity contribution in [3.8, 4) is 0 Å². The second-order valence-corrected chi connectivity index (χ2v) is 6.25. The Morgan fingerprint density at radius 1 is 1.28 bits per heavy atom. The number of nitrogens with zero attached hydrogens (tertiary/aromatic N) is 2. The number of furan rings is 1. The number of fused-ring (bicyclic) bond motifs is 1. The Morgan fingerprint density at radius 3 is 2.56 bits per heavy atom. The number of para-hydroxylation sites is 1. The molecule has 0 aliphatic heterocycles. The number of rotatable bonds is 5. The fourth-order valence-corrected chi connectivity index (χ4v) is 2.27. The maximum atomic E-state index is 11.7. The first-order chi connectivity index (χ1) is 11.4. The Kier molecular flexibility index (Phi) is 8.21. The van der Waals surface area contributed by atoms with E-state index in [-0.39, 0.29) is 42.5 Å². The molecule has 7 heteroatoms. The highest BCUT2D eigenvalue weighted by Gasteiger charge is 2.11. The van der Waals surface area contributed by atoms with E-state index in [1.54, 1.807) is 14.1 Å². The summed E-state index contributed by atoms with van der Waals surface area (Å²) in [6.07, 6.45) is 0. The van der Waals surface area contributed by atoms with Crippen LogP contribution >= 0.6 is 24.0 Å². The Labute approximate surface area is 166 Å². The molecule has 0 saturated carbocycles. The highest BCUT2D eigenvalue weighted by atomic mass is 127. The summed E-state index contributed by atoms with van der Waals surface area (Å²) in [6.45, 7) is 6.71. The van der Waals surface area contributed by atoms with Crippen LogP contribution in [0.5, 0.6) is 0 Å². The lowest BCUT2D eigenvalue weighted by molar-refractivity contribution is -0.127. The largest absolute Gasteiger partial charge is 0.459 e. The zero-order valence-electron chi connectivity index (χ0n) is 15.4. The zero-order chi connectivity index (χ0) is 17.7. The molecule has 2 rings (SSSR count). The predicted octanol–water partition coefficient (Wildman–Crippen LogP) is 2.89. The first kappa shape index (κ1) is 21.3. The quantitative estimate of drug-likeness (QED) is 0.411. The summed E-state index contributed by atoms with van der Waals surface area (Å²) in [5, 5.41) is 7.58. The number of carbonyl (C=O) groups excluding carboxylic acids is 1. The lowest BCUT2D eigenvalue weighted by atomic mass is 10.1. The molecule has 2 aromatic rings. The highest BCUT2D eigenvalue weighted by Crippen LogP contribution is 2.24. The van der Waals surface area contributed by atoms with Crippen molar-refractivity contribution in [2.24, 2.45) is 4.99 Å². The van der Waals surface area contributed by atoms with E-state index in [1.165, 1.54) is 4.90 Å². The molecule has 0 atom stereocenters. The summed E-state index contributed by atoms with van der Waals surface area (Å²) in [6, 6.07) is 8.19. The Balaban J connectivity index is 0.00000312. The molecule has 138 valence electrons. The fraction of sp³-hybridized carbons (Fsp3) is 0.444. The molecule has 1 aromatic heterocycles. The van der Waals surface area contributed by atoms with Crippen molar-refractivity contribution in [3.63, 3.8) is 0 Å². The zero-order valence-corrected chi connectivity index (χ0v) is 17.8. The van der Waals surface area contributed by atoms with Crippen LogP contribution in [0, 0.1) is 6.92 Å². The van der Waals surface area contributed by atoms with E-state index >= 15 is 0 Å². The second kappa shape index (κ2) is 9.65. The average molecular weight is 458 g/mol. The molecular weight excluding hydrogens is 431 g/mol. The van der Waals surface area contributed by atoms with Crippen LogP contribution in [0.2, 0.25) is 0 Å². The normalized spacial score (nSPS) is 11.4. The number of nitrogens with one attached hydrogen (secondary N) is 2. The van der Waals surface area contributed by atoms with Crippen LogP contribution in [0.3, 0.4) is 0 Å². The SMILES string of the molecule is Cc1c(CNC(=NCC(=O)N(C)C)NC(C)C)oc2ccccc12.I. The molecule has 0 unspecified atom stereocenters. The standard InChI is InChI=1S/C18H26N4O2.HI/c1-12(2)21-18(20-11-17(23)22(4)5)19-10-16-13(3)14-8-6-7-9-15(14)24-16;/h6-9,12H,10-11H2,1-5H3,(H2,19,20,21);1H. The lowest BCUT2D eigenvalue weighted by Crippen LogP contribution is -2.41. The van der Waals surface area contributed by atoms with Gasteiger partial charge in [-0.1, -0.05) is 18.2 Å². The molecule has 0 saturated heterocycles.